The topological polar surface area (TPSA) is 77.9 Å². The Morgan fingerprint density at radius 3 is 2.41 bits per heavy atom. The quantitative estimate of drug-likeness (QED) is 0.587. The SMILES string of the molecule is CC(C)[C@@H](C(=O)N1C[C@H](O)C[C@H]1C(=O)C[C@@H](C)c1ccc(Br)cc1)N1Cc2ccccc2C1=O. The van der Waals surface area contributed by atoms with E-state index < -0.39 is 18.2 Å². The molecule has 2 aromatic carbocycles. The number of aliphatic hydroxyl groups is 1. The zero-order chi connectivity index (χ0) is 24.6. The molecule has 0 saturated carbocycles. The van der Waals surface area contributed by atoms with Crippen molar-refractivity contribution in [1.29, 1.82) is 0 Å². The van der Waals surface area contributed by atoms with Gasteiger partial charge in [-0.3, -0.25) is 14.4 Å². The highest BCUT2D eigenvalue weighted by Crippen LogP contribution is 2.31. The fourth-order valence-electron chi connectivity index (χ4n) is 5.16. The highest BCUT2D eigenvalue weighted by molar-refractivity contribution is 9.10. The molecule has 2 aromatic rings. The van der Waals surface area contributed by atoms with Crippen molar-refractivity contribution in [2.75, 3.05) is 6.54 Å². The van der Waals surface area contributed by atoms with Crippen molar-refractivity contribution in [2.45, 2.75) is 64.3 Å². The number of likely N-dealkylation sites (tertiary alicyclic amines) is 1. The Kier molecular flexibility index (Phi) is 7.24. The molecule has 1 fully saturated rings. The summed E-state index contributed by atoms with van der Waals surface area (Å²) in [5, 5.41) is 10.4. The lowest BCUT2D eigenvalue weighted by Gasteiger charge is -2.35. The number of hydrogen-bond donors (Lipinski definition) is 1. The number of carbonyl (C=O) groups excluding carboxylic acids is 3. The summed E-state index contributed by atoms with van der Waals surface area (Å²) in [5.74, 6) is -0.623. The number of hydrogen-bond acceptors (Lipinski definition) is 4. The molecule has 0 aromatic heterocycles. The minimum Gasteiger partial charge on any atom is -0.391 e. The molecular weight excluding hydrogens is 496 g/mol. The molecule has 180 valence electrons. The minimum atomic E-state index is -0.750. The zero-order valence-corrected chi connectivity index (χ0v) is 21.4. The minimum absolute atomic E-state index is 0.00847. The molecule has 4 atom stereocenters. The van der Waals surface area contributed by atoms with Crippen LogP contribution in [0.5, 0.6) is 0 Å². The predicted molar refractivity (Wildman–Crippen MR) is 133 cm³/mol. The van der Waals surface area contributed by atoms with E-state index in [9.17, 15) is 19.5 Å². The number of aliphatic hydroxyl groups excluding tert-OH is 1. The van der Waals surface area contributed by atoms with Crippen LogP contribution in [-0.4, -0.2) is 57.2 Å². The molecule has 0 aliphatic carbocycles. The van der Waals surface area contributed by atoms with Crippen molar-refractivity contribution in [1.82, 2.24) is 9.80 Å². The van der Waals surface area contributed by atoms with Gasteiger partial charge in [-0.15, -0.1) is 0 Å². The van der Waals surface area contributed by atoms with Crippen LogP contribution < -0.4 is 0 Å². The Morgan fingerprint density at radius 2 is 1.76 bits per heavy atom. The lowest BCUT2D eigenvalue weighted by molar-refractivity contribution is -0.143. The third-order valence-electron chi connectivity index (χ3n) is 6.95. The Labute approximate surface area is 209 Å². The number of halogens is 1. The fourth-order valence-corrected chi connectivity index (χ4v) is 5.42. The largest absolute Gasteiger partial charge is 0.391 e. The maximum Gasteiger partial charge on any atom is 0.255 e. The molecule has 0 unspecified atom stereocenters. The third-order valence-corrected chi connectivity index (χ3v) is 7.48. The normalized spacial score (nSPS) is 21.6. The van der Waals surface area contributed by atoms with Gasteiger partial charge in [-0.25, -0.2) is 0 Å². The summed E-state index contributed by atoms with van der Waals surface area (Å²) >= 11 is 3.43. The Hall–Kier alpha value is -2.51. The Balaban J connectivity index is 1.52. The van der Waals surface area contributed by atoms with Crippen LogP contribution in [0.3, 0.4) is 0 Å². The summed E-state index contributed by atoms with van der Waals surface area (Å²) in [5.41, 5.74) is 2.58. The van der Waals surface area contributed by atoms with Gasteiger partial charge >= 0.3 is 0 Å². The van der Waals surface area contributed by atoms with Gasteiger partial charge in [0.05, 0.1) is 12.1 Å². The van der Waals surface area contributed by atoms with Crippen LogP contribution in [0.2, 0.25) is 0 Å². The van der Waals surface area contributed by atoms with Crippen molar-refractivity contribution >= 4 is 33.5 Å². The van der Waals surface area contributed by atoms with E-state index in [-0.39, 0.29) is 48.8 Å². The zero-order valence-electron chi connectivity index (χ0n) is 19.8. The van der Waals surface area contributed by atoms with Crippen LogP contribution in [0.4, 0.5) is 0 Å². The maximum atomic E-state index is 13.8. The number of carbonyl (C=O) groups is 3. The number of nitrogens with zero attached hydrogens (tertiary/aromatic N) is 2. The number of benzene rings is 2. The summed E-state index contributed by atoms with van der Waals surface area (Å²) in [6.07, 6.45) is -0.236. The van der Waals surface area contributed by atoms with Crippen molar-refractivity contribution in [3.05, 3.63) is 69.7 Å². The second-order valence-corrected chi connectivity index (χ2v) is 10.7. The highest BCUT2D eigenvalue weighted by Gasteiger charge is 2.45. The van der Waals surface area contributed by atoms with E-state index in [0.717, 1.165) is 15.6 Å². The van der Waals surface area contributed by atoms with Gasteiger partial charge in [0.15, 0.2) is 5.78 Å². The van der Waals surface area contributed by atoms with Gasteiger partial charge in [-0.2, -0.15) is 0 Å². The maximum absolute atomic E-state index is 13.8. The molecule has 0 radical (unpaired) electrons. The summed E-state index contributed by atoms with van der Waals surface area (Å²) in [6.45, 7) is 6.31. The summed E-state index contributed by atoms with van der Waals surface area (Å²) in [4.78, 5) is 43.3. The smallest absolute Gasteiger partial charge is 0.255 e. The number of Topliss-reactive ketones (excluding diaryl/α,β-unsaturated/α-hetero) is 1. The Bertz CT molecular complexity index is 1080. The van der Waals surface area contributed by atoms with Crippen molar-refractivity contribution in [2.24, 2.45) is 5.92 Å². The first-order chi connectivity index (χ1) is 16.2. The van der Waals surface area contributed by atoms with Crippen LogP contribution >= 0.6 is 15.9 Å². The molecule has 2 amide bonds. The van der Waals surface area contributed by atoms with E-state index in [2.05, 4.69) is 15.9 Å². The number of β-amino-alcohol motifs (C(OH)–C–C–N with tert-alkyl or cyclic N) is 1. The molecule has 0 bridgehead atoms. The standard InChI is InChI=1S/C27H31BrN2O4/c1-16(2)25(30-14-19-6-4-5-7-22(19)26(30)33)27(34)29-15-21(31)13-23(29)24(32)12-17(3)18-8-10-20(28)11-9-18/h4-11,16-17,21,23,25,31H,12-15H2,1-3H3/t17-,21-,23+,25+/m1/s1. The van der Waals surface area contributed by atoms with Crippen LogP contribution in [0, 0.1) is 5.92 Å². The first-order valence-electron chi connectivity index (χ1n) is 11.8. The van der Waals surface area contributed by atoms with Crippen LogP contribution in [0.1, 0.15) is 61.0 Å². The van der Waals surface area contributed by atoms with E-state index in [0.29, 0.717) is 12.1 Å². The molecular formula is C27H31BrN2O4. The molecule has 0 spiro atoms. The monoisotopic (exact) mass is 526 g/mol. The number of amides is 2. The second-order valence-electron chi connectivity index (χ2n) is 9.80. The summed E-state index contributed by atoms with van der Waals surface area (Å²) in [6, 6.07) is 13.9. The molecule has 1 N–H and O–H groups in total. The van der Waals surface area contributed by atoms with Gasteiger partial charge < -0.3 is 14.9 Å². The summed E-state index contributed by atoms with van der Waals surface area (Å²) < 4.78 is 0.976. The van der Waals surface area contributed by atoms with Crippen LogP contribution in [0.15, 0.2) is 53.0 Å². The van der Waals surface area contributed by atoms with Crippen molar-refractivity contribution < 1.29 is 19.5 Å². The van der Waals surface area contributed by atoms with Gasteiger partial charge in [0.25, 0.3) is 5.91 Å². The molecule has 2 aliphatic heterocycles. The molecule has 1 saturated heterocycles. The van der Waals surface area contributed by atoms with Crippen molar-refractivity contribution in [3.63, 3.8) is 0 Å². The van der Waals surface area contributed by atoms with Gasteiger partial charge in [-0.05, 0) is 41.2 Å². The highest BCUT2D eigenvalue weighted by atomic mass is 79.9. The van der Waals surface area contributed by atoms with E-state index in [1.54, 1.807) is 11.0 Å². The number of ketones is 1. The van der Waals surface area contributed by atoms with Crippen molar-refractivity contribution in [3.8, 4) is 0 Å². The lowest BCUT2D eigenvalue weighted by atomic mass is 9.92. The van der Waals surface area contributed by atoms with Gasteiger partial charge in [-0.1, -0.05) is 67.0 Å². The molecule has 2 aliphatic rings. The molecule has 2 heterocycles. The van der Waals surface area contributed by atoms with E-state index in [1.807, 2.05) is 63.2 Å². The van der Waals surface area contributed by atoms with Gasteiger partial charge in [0.2, 0.25) is 5.91 Å². The molecule has 7 heteroatoms. The number of rotatable bonds is 7. The average molecular weight is 527 g/mol. The molecule has 34 heavy (non-hydrogen) atoms. The van der Waals surface area contributed by atoms with Crippen LogP contribution in [-0.2, 0) is 16.1 Å². The van der Waals surface area contributed by atoms with Crippen LogP contribution in [0.25, 0.3) is 0 Å². The molecule has 4 rings (SSSR count). The lowest BCUT2D eigenvalue weighted by Crippen LogP contribution is -2.54. The van der Waals surface area contributed by atoms with E-state index >= 15 is 0 Å². The second kappa shape index (κ2) is 10.0. The average Bonchev–Trinajstić information content (AvgIpc) is 3.34. The Morgan fingerprint density at radius 1 is 1.09 bits per heavy atom. The predicted octanol–water partition coefficient (Wildman–Crippen LogP) is 4.15. The third kappa shape index (κ3) is 4.82. The summed E-state index contributed by atoms with van der Waals surface area (Å²) in [7, 11) is 0. The molecule has 6 nitrogen and oxygen atoms in total. The van der Waals surface area contributed by atoms with E-state index in [1.165, 1.54) is 4.90 Å². The van der Waals surface area contributed by atoms with Gasteiger partial charge in [0, 0.05) is 36.0 Å². The first kappa shape index (κ1) is 24.6. The fraction of sp³-hybridized carbons (Fsp3) is 0.444. The van der Waals surface area contributed by atoms with E-state index in [4.69, 9.17) is 0 Å². The number of fused-ring (bicyclic) bond motifs is 1. The first-order valence-corrected chi connectivity index (χ1v) is 12.6. The van der Waals surface area contributed by atoms with Gasteiger partial charge in [0.1, 0.15) is 6.04 Å².